The summed E-state index contributed by atoms with van der Waals surface area (Å²) in [6.45, 7) is 9.15. The Bertz CT molecular complexity index is 1380. The van der Waals surface area contributed by atoms with Crippen molar-refractivity contribution in [2.24, 2.45) is 4.99 Å². The molecule has 0 bridgehead atoms. The lowest BCUT2D eigenvalue weighted by Crippen LogP contribution is -2.36. The Kier molecular flexibility index (Phi) is 5.52. The van der Waals surface area contributed by atoms with E-state index in [4.69, 9.17) is 10.3 Å². The van der Waals surface area contributed by atoms with Gasteiger partial charge in [0.15, 0.2) is 11.8 Å². The Labute approximate surface area is 189 Å². The standard InChI is InChI=1S/C23H23N5O3S/c1-11(2)28-10-16(31-27-28)26-22(30)21-20(24)19-18(15-8-6-7-12(3)9-15)17(14(5)29)13(4)25-23(19)32-21/h6-11H,1-5H3,(H2-,24,26,27,30). The maximum atomic E-state index is 13.0. The number of benzene rings is 1. The number of carbonyl (C=O) groups excluding carboxylic acids is 1. The Hall–Kier alpha value is -3.59. The second-order valence-electron chi connectivity index (χ2n) is 7.93. The first-order valence-electron chi connectivity index (χ1n) is 10.1. The zero-order valence-electron chi connectivity index (χ0n) is 18.5. The molecule has 0 aliphatic carbocycles. The van der Waals surface area contributed by atoms with Crippen molar-refractivity contribution in [1.82, 2.24) is 10.3 Å². The minimum Gasteiger partial charge on any atom is -0.857 e. The molecule has 0 atom stereocenters. The highest BCUT2D eigenvalue weighted by molar-refractivity contribution is 7.21. The number of anilines is 1. The minimum atomic E-state index is -0.547. The average Bonchev–Trinajstić information content (AvgIpc) is 3.31. The average molecular weight is 450 g/mol. The van der Waals surface area contributed by atoms with Crippen LogP contribution in [0.2, 0.25) is 0 Å². The monoisotopic (exact) mass is 449 g/mol. The molecule has 0 amide bonds. The van der Waals surface area contributed by atoms with Gasteiger partial charge < -0.3 is 10.8 Å². The summed E-state index contributed by atoms with van der Waals surface area (Å²) in [6.07, 6.45) is 1.56. The van der Waals surface area contributed by atoms with E-state index < -0.39 is 5.90 Å². The SMILES string of the molecule is CC(=O)c1c(C)nc2sc(/C([O-])=N/c3c[n+](C(C)C)no3)c(N)c2c1-c1cccc(C)c1. The van der Waals surface area contributed by atoms with E-state index in [1.54, 1.807) is 17.8 Å². The van der Waals surface area contributed by atoms with E-state index in [1.165, 1.54) is 6.92 Å². The zero-order chi connectivity index (χ0) is 23.2. The molecule has 3 heterocycles. The third kappa shape index (κ3) is 3.75. The van der Waals surface area contributed by atoms with Crippen LogP contribution in [0.4, 0.5) is 11.6 Å². The highest BCUT2D eigenvalue weighted by atomic mass is 32.1. The number of aromatic nitrogens is 3. The van der Waals surface area contributed by atoms with Crippen LogP contribution in [0.1, 0.15) is 53.3 Å². The van der Waals surface area contributed by atoms with Crippen LogP contribution in [0.3, 0.4) is 0 Å². The van der Waals surface area contributed by atoms with Gasteiger partial charge in [0.2, 0.25) is 5.27 Å². The van der Waals surface area contributed by atoms with Crippen molar-refractivity contribution in [3.8, 4) is 11.1 Å². The van der Waals surface area contributed by atoms with E-state index in [0.29, 0.717) is 27.0 Å². The number of carbonyl (C=O) groups is 1. The molecule has 2 N–H and O–H groups in total. The Morgan fingerprint density at radius 2 is 2.06 bits per heavy atom. The number of nitrogen functional groups attached to an aromatic ring is 1. The lowest BCUT2D eigenvalue weighted by atomic mass is 9.92. The number of pyridine rings is 1. The maximum absolute atomic E-state index is 13.0. The molecule has 0 aliphatic heterocycles. The molecular weight excluding hydrogens is 426 g/mol. The quantitative estimate of drug-likeness (QED) is 0.215. The minimum absolute atomic E-state index is 0.0706. The van der Waals surface area contributed by atoms with Crippen LogP contribution >= 0.6 is 11.3 Å². The maximum Gasteiger partial charge on any atom is 0.320 e. The number of hydrogen-bond donors (Lipinski definition) is 1. The number of rotatable bonds is 5. The number of nitrogens with zero attached hydrogens (tertiary/aromatic N) is 4. The van der Waals surface area contributed by atoms with Gasteiger partial charge in [0.1, 0.15) is 4.83 Å². The van der Waals surface area contributed by atoms with Crippen LogP contribution in [0.25, 0.3) is 21.3 Å². The van der Waals surface area contributed by atoms with E-state index in [-0.39, 0.29) is 28.3 Å². The Morgan fingerprint density at radius 1 is 1.31 bits per heavy atom. The largest absolute Gasteiger partial charge is 0.857 e. The van der Waals surface area contributed by atoms with Gasteiger partial charge in [0, 0.05) is 22.4 Å². The molecular formula is C23H23N5O3S. The van der Waals surface area contributed by atoms with Gasteiger partial charge in [-0.15, -0.1) is 11.3 Å². The molecule has 0 spiro atoms. The molecule has 32 heavy (non-hydrogen) atoms. The van der Waals surface area contributed by atoms with Gasteiger partial charge in [-0.25, -0.2) is 9.98 Å². The first-order valence-corrected chi connectivity index (χ1v) is 10.9. The molecule has 4 rings (SSSR count). The number of aryl methyl sites for hydroxylation is 2. The molecule has 0 radical (unpaired) electrons. The van der Waals surface area contributed by atoms with Crippen molar-refractivity contribution >= 4 is 44.8 Å². The molecule has 3 aromatic heterocycles. The normalized spacial score (nSPS) is 12.1. The summed E-state index contributed by atoms with van der Waals surface area (Å²) in [7, 11) is 0. The van der Waals surface area contributed by atoms with Gasteiger partial charge in [0.05, 0.1) is 16.3 Å². The van der Waals surface area contributed by atoms with Crippen LogP contribution < -0.4 is 15.5 Å². The second kappa shape index (κ2) is 8.16. The van der Waals surface area contributed by atoms with E-state index in [0.717, 1.165) is 22.5 Å². The number of ketones is 1. The lowest BCUT2D eigenvalue weighted by molar-refractivity contribution is -0.779. The lowest BCUT2D eigenvalue weighted by Gasteiger charge is -2.13. The number of aliphatic imine (C=N–C) groups is 1. The summed E-state index contributed by atoms with van der Waals surface area (Å²) < 4.78 is 6.71. The zero-order valence-corrected chi connectivity index (χ0v) is 19.3. The fraction of sp³-hybridized carbons (Fsp3) is 0.261. The molecule has 1 aromatic carbocycles. The van der Waals surface area contributed by atoms with Gasteiger partial charge in [0.25, 0.3) is 6.20 Å². The van der Waals surface area contributed by atoms with E-state index in [9.17, 15) is 9.90 Å². The van der Waals surface area contributed by atoms with Crippen LogP contribution in [0.15, 0.2) is 40.0 Å². The van der Waals surface area contributed by atoms with Gasteiger partial charge in [-0.1, -0.05) is 29.8 Å². The summed E-state index contributed by atoms with van der Waals surface area (Å²) in [5.41, 5.74) is 10.4. The van der Waals surface area contributed by atoms with Crippen LogP contribution in [0.5, 0.6) is 0 Å². The van der Waals surface area contributed by atoms with Crippen molar-refractivity contribution < 1.29 is 19.1 Å². The van der Waals surface area contributed by atoms with Gasteiger partial charge in [-0.3, -0.25) is 9.32 Å². The summed E-state index contributed by atoms with van der Waals surface area (Å²) in [5, 5.41) is 17.4. The predicted molar refractivity (Wildman–Crippen MR) is 122 cm³/mol. The summed E-state index contributed by atoms with van der Waals surface area (Å²) in [4.78, 5) is 22.0. The van der Waals surface area contributed by atoms with E-state index >= 15 is 0 Å². The molecule has 0 unspecified atom stereocenters. The van der Waals surface area contributed by atoms with Crippen molar-refractivity contribution in [3.05, 3.63) is 52.2 Å². The molecule has 0 fully saturated rings. The first-order chi connectivity index (χ1) is 15.2. The van der Waals surface area contributed by atoms with Crippen molar-refractivity contribution in [1.29, 1.82) is 0 Å². The molecule has 4 aromatic rings. The topological polar surface area (TPSA) is 121 Å². The predicted octanol–water partition coefficient (Wildman–Crippen LogP) is 3.66. The van der Waals surface area contributed by atoms with Crippen molar-refractivity contribution in [2.45, 2.75) is 40.7 Å². The van der Waals surface area contributed by atoms with Crippen molar-refractivity contribution in [3.63, 3.8) is 0 Å². The molecule has 0 saturated carbocycles. The number of fused-ring (bicyclic) bond motifs is 1. The highest BCUT2D eigenvalue weighted by Crippen LogP contribution is 2.42. The van der Waals surface area contributed by atoms with E-state index in [1.807, 2.05) is 45.0 Å². The molecule has 9 heteroatoms. The van der Waals surface area contributed by atoms with Gasteiger partial charge in [-0.05, 0) is 44.9 Å². The molecule has 0 aliphatic rings. The van der Waals surface area contributed by atoms with Gasteiger partial charge >= 0.3 is 5.88 Å². The molecule has 164 valence electrons. The number of thiophene rings is 1. The van der Waals surface area contributed by atoms with Crippen molar-refractivity contribution in [2.75, 3.05) is 5.73 Å². The first kappa shape index (κ1) is 21.6. The fourth-order valence-electron chi connectivity index (χ4n) is 3.64. The number of nitrogens with two attached hydrogens (primary N) is 1. The Morgan fingerprint density at radius 3 is 2.69 bits per heavy atom. The smallest absolute Gasteiger partial charge is 0.320 e. The van der Waals surface area contributed by atoms with Crippen LogP contribution in [0, 0.1) is 13.8 Å². The van der Waals surface area contributed by atoms with Crippen LogP contribution in [-0.2, 0) is 0 Å². The van der Waals surface area contributed by atoms with Crippen LogP contribution in [-0.4, -0.2) is 21.9 Å². The summed E-state index contributed by atoms with van der Waals surface area (Å²) in [5.74, 6) is -0.570. The summed E-state index contributed by atoms with van der Waals surface area (Å²) >= 11 is 1.15. The van der Waals surface area contributed by atoms with Gasteiger partial charge in [-0.2, -0.15) is 0 Å². The second-order valence-corrected chi connectivity index (χ2v) is 8.93. The molecule has 0 saturated heterocycles. The summed E-state index contributed by atoms with van der Waals surface area (Å²) in [6, 6.07) is 7.89. The Balaban J connectivity index is 1.96. The third-order valence-corrected chi connectivity index (χ3v) is 6.21. The number of hydrogen-bond acceptors (Lipinski definition) is 8. The third-order valence-electron chi connectivity index (χ3n) is 5.12. The van der Waals surface area contributed by atoms with E-state index in [2.05, 4.69) is 15.2 Å². The fourth-order valence-corrected chi connectivity index (χ4v) is 4.67. The number of Topliss-reactive ketones (excluding diaryl/α,β-unsaturated/α-hetero) is 1. The molecule has 8 nitrogen and oxygen atoms in total. The highest BCUT2D eigenvalue weighted by Gasteiger charge is 2.23.